The molecule has 0 unspecified atom stereocenters. The number of esters is 1. The summed E-state index contributed by atoms with van der Waals surface area (Å²) in [6, 6.07) is 10.3. The van der Waals surface area contributed by atoms with Gasteiger partial charge in [0.05, 0.1) is 13.0 Å². The van der Waals surface area contributed by atoms with E-state index in [1.54, 1.807) is 0 Å². The van der Waals surface area contributed by atoms with Crippen LogP contribution in [0.3, 0.4) is 0 Å². The molecule has 1 rings (SSSR count). The largest absolute Gasteiger partial charge is 0.469 e. The van der Waals surface area contributed by atoms with Crippen molar-refractivity contribution in [3.63, 3.8) is 0 Å². The number of hydrogen-bond donors (Lipinski definition) is 1. The first-order chi connectivity index (χ1) is 7.74. The number of ether oxygens (including phenoxy) is 1. The van der Waals surface area contributed by atoms with Gasteiger partial charge in [-0.1, -0.05) is 37.3 Å². The number of rotatable bonds is 6. The predicted molar refractivity (Wildman–Crippen MR) is 64.2 cm³/mol. The van der Waals surface area contributed by atoms with Crippen molar-refractivity contribution in [1.82, 2.24) is 5.32 Å². The first-order valence-corrected chi connectivity index (χ1v) is 5.56. The molecule has 0 radical (unpaired) electrons. The van der Waals surface area contributed by atoms with Crippen molar-refractivity contribution >= 4 is 5.97 Å². The highest BCUT2D eigenvalue weighted by Crippen LogP contribution is 1.99. The molecule has 3 heteroatoms. The third-order valence-electron chi connectivity index (χ3n) is 2.49. The Kier molecular flexibility index (Phi) is 5.57. The average Bonchev–Trinajstić information content (AvgIpc) is 2.34. The molecule has 0 aliphatic heterocycles. The molecule has 0 saturated carbocycles. The second-order valence-electron chi connectivity index (χ2n) is 3.86. The zero-order valence-corrected chi connectivity index (χ0v) is 9.90. The number of methoxy groups -OCH3 is 1. The molecule has 0 amide bonds. The van der Waals surface area contributed by atoms with Gasteiger partial charge in [-0.2, -0.15) is 0 Å². The van der Waals surface area contributed by atoms with Gasteiger partial charge in [-0.05, 0) is 18.5 Å². The van der Waals surface area contributed by atoms with E-state index >= 15 is 0 Å². The maximum absolute atomic E-state index is 11.1. The summed E-state index contributed by atoms with van der Waals surface area (Å²) in [5, 5.41) is 3.25. The Hall–Kier alpha value is -1.35. The number of benzene rings is 1. The van der Waals surface area contributed by atoms with Crippen LogP contribution in [0.25, 0.3) is 0 Å². The third-order valence-corrected chi connectivity index (χ3v) is 2.49. The molecule has 1 atom stereocenters. The molecule has 0 fully saturated rings. The zero-order chi connectivity index (χ0) is 11.8. The lowest BCUT2D eigenvalue weighted by atomic mass is 10.1. The van der Waals surface area contributed by atoms with Gasteiger partial charge in [0.2, 0.25) is 0 Å². The van der Waals surface area contributed by atoms with Crippen LogP contribution in [0.5, 0.6) is 0 Å². The highest BCUT2D eigenvalue weighted by Gasteiger charge is 2.11. The third kappa shape index (κ3) is 4.45. The molecule has 1 N–H and O–H groups in total. The van der Waals surface area contributed by atoms with E-state index in [-0.39, 0.29) is 11.9 Å². The Balaban J connectivity index is 2.15. The van der Waals surface area contributed by atoms with E-state index in [1.165, 1.54) is 12.7 Å². The fraction of sp³-hybridized carbons (Fsp3) is 0.462. The van der Waals surface area contributed by atoms with E-state index in [2.05, 4.69) is 22.2 Å². The monoisotopic (exact) mass is 221 g/mol. The summed E-state index contributed by atoms with van der Waals surface area (Å²) in [7, 11) is 1.42. The van der Waals surface area contributed by atoms with Crippen molar-refractivity contribution in [2.75, 3.05) is 20.2 Å². The summed E-state index contributed by atoms with van der Waals surface area (Å²) in [6.07, 6.45) is 0.981. The van der Waals surface area contributed by atoms with E-state index < -0.39 is 0 Å². The molecule has 16 heavy (non-hydrogen) atoms. The summed E-state index contributed by atoms with van der Waals surface area (Å²) in [5.74, 6) is -0.243. The van der Waals surface area contributed by atoms with Crippen molar-refractivity contribution in [3.8, 4) is 0 Å². The van der Waals surface area contributed by atoms with Gasteiger partial charge in [0.1, 0.15) is 0 Å². The molecule has 88 valence electrons. The Bertz CT molecular complexity index is 311. The maximum atomic E-state index is 11.1. The molecular formula is C13H19NO2. The van der Waals surface area contributed by atoms with Crippen LogP contribution in [-0.4, -0.2) is 26.2 Å². The summed E-state index contributed by atoms with van der Waals surface area (Å²) < 4.78 is 4.65. The van der Waals surface area contributed by atoms with Gasteiger partial charge < -0.3 is 10.1 Å². The highest BCUT2D eigenvalue weighted by molar-refractivity contribution is 5.71. The van der Waals surface area contributed by atoms with Crippen LogP contribution >= 0.6 is 0 Å². The topological polar surface area (TPSA) is 38.3 Å². The second-order valence-corrected chi connectivity index (χ2v) is 3.86. The van der Waals surface area contributed by atoms with Gasteiger partial charge in [-0.3, -0.25) is 4.79 Å². The van der Waals surface area contributed by atoms with E-state index in [0.29, 0.717) is 6.54 Å². The van der Waals surface area contributed by atoms with Crippen molar-refractivity contribution in [3.05, 3.63) is 35.9 Å². The van der Waals surface area contributed by atoms with Gasteiger partial charge in [0.25, 0.3) is 0 Å². The Labute approximate surface area is 96.8 Å². The Morgan fingerprint density at radius 3 is 2.69 bits per heavy atom. The predicted octanol–water partition coefficient (Wildman–Crippen LogP) is 1.63. The molecule has 1 aromatic carbocycles. The average molecular weight is 221 g/mol. The summed E-state index contributed by atoms with van der Waals surface area (Å²) in [5.41, 5.74) is 1.31. The van der Waals surface area contributed by atoms with E-state index in [1.807, 2.05) is 25.1 Å². The van der Waals surface area contributed by atoms with Crippen LogP contribution in [0.1, 0.15) is 12.5 Å². The van der Waals surface area contributed by atoms with Gasteiger partial charge in [-0.25, -0.2) is 0 Å². The van der Waals surface area contributed by atoms with Crippen LogP contribution in [0.2, 0.25) is 0 Å². The lowest BCUT2D eigenvalue weighted by Gasteiger charge is -2.10. The summed E-state index contributed by atoms with van der Waals surface area (Å²) in [4.78, 5) is 11.1. The molecule has 3 nitrogen and oxygen atoms in total. The van der Waals surface area contributed by atoms with Crippen molar-refractivity contribution < 1.29 is 9.53 Å². The van der Waals surface area contributed by atoms with Crippen LogP contribution in [0.4, 0.5) is 0 Å². The first kappa shape index (κ1) is 12.7. The van der Waals surface area contributed by atoms with Gasteiger partial charge >= 0.3 is 5.97 Å². The number of carbonyl (C=O) groups is 1. The van der Waals surface area contributed by atoms with Crippen LogP contribution in [0, 0.1) is 5.92 Å². The quantitative estimate of drug-likeness (QED) is 0.586. The molecule has 0 aliphatic rings. The fourth-order valence-electron chi connectivity index (χ4n) is 1.48. The Morgan fingerprint density at radius 1 is 1.38 bits per heavy atom. The van der Waals surface area contributed by atoms with E-state index in [0.717, 1.165) is 13.0 Å². The molecule has 0 aliphatic carbocycles. The molecule has 0 spiro atoms. The standard InChI is InChI=1S/C13H19NO2/c1-11(13(15)16-2)10-14-9-8-12-6-4-3-5-7-12/h3-7,11,14H,8-10H2,1-2H3/t11-/m0/s1. The maximum Gasteiger partial charge on any atom is 0.309 e. The minimum absolute atomic E-state index is 0.0826. The zero-order valence-electron chi connectivity index (χ0n) is 9.90. The number of carbonyl (C=O) groups excluding carboxylic acids is 1. The van der Waals surface area contributed by atoms with E-state index in [9.17, 15) is 4.79 Å². The molecule has 1 aromatic rings. The van der Waals surface area contributed by atoms with Crippen LogP contribution in [-0.2, 0) is 16.0 Å². The lowest BCUT2D eigenvalue weighted by molar-refractivity contribution is -0.144. The van der Waals surface area contributed by atoms with Gasteiger partial charge in [-0.15, -0.1) is 0 Å². The van der Waals surface area contributed by atoms with Crippen molar-refractivity contribution in [1.29, 1.82) is 0 Å². The minimum Gasteiger partial charge on any atom is -0.469 e. The summed E-state index contributed by atoms with van der Waals surface area (Å²) in [6.45, 7) is 3.41. The fourth-order valence-corrected chi connectivity index (χ4v) is 1.48. The molecule has 0 aromatic heterocycles. The first-order valence-electron chi connectivity index (χ1n) is 5.56. The molecule has 0 saturated heterocycles. The number of nitrogens with one attached hydrogen (secondary N) is 1. The van der Waals surface area contributed by atoms with Crippen LogP contribution < -0.4 is 5.32 Å². The van der Waals surface area contributed by atoms with Gasteiger partial charge in [0.15, 0.2) is 0 Å². The number of hydrogen-bond acceptors (Lipinski definition) is 3. The SMILES string of the molecule is COC(=O)[C@@H](C)CNCCc1ccccc1. The van der Waals surface area contributed by atoms with Gasteiger partial charge in [0, 0.05) is 6.54 Å². The minimum atomic E-state index is -0.160. The molecule has 0 heterocycles. The Morgan fingerprint density at radius 2 is 2.06 bits per heavy atom. The highest BCUT2D eigenvalue weighted by atomic mass is 16.5. The smallest absolute Gasteiger partial charge is 0.309 e. The van der Waals surface area contributed by atoms with Crippen LogP contribution in [0.15, 0.2) is 30.3 Å². The van der Waals surface area contributed by atoms with E-state index in [4.69, 9.17) is 0 Å². The normalized spacial score (nSPS) is 12.1. The van der Waals surface area contributed by atoms with Crippen molar-refractivity contribution in [2.24, 2.45) is 5.92 Å². The summed E-state index contributed by atoms with van der Waals surface area (Å²) >= 11 is 0. The molecular weight excluding hydrogens is 202 g/mol. The second kappa shape index (κ2) is 7.01. The lowest BCUT2D eigenvalue weighted by Crippen LogP contribution is -2.28. The van der Waals surface area contributed by atoms with Crippen molar-refractivity contribution in [2.45, 2.75) is 13.3 Å². The molecule has 0 bridgehead atoms.